The van der Waals surface area contributed by atoms with Crippen molar-refractivity contribution in [3.63, 3.8) is 0 Å². The molecule has 2 heteroatoms. The normalized spacial score (nSPS) is 11.3. The van der Waals surface area contributed by atoms with Crippen molar-refractivity contribution in [2.45, 2.75) is 20.0 Å². The summed E-state index contributed by atoms with van der Waals surface area (Å²) in [7, 11) is 0. The zero-order valence-corrected chi connectivity index (χ0v) is 16.0. The minimum atomic E-state index is 0.864. The van der Waals surface area contributed by atoms with Gasteiger partial charge in [0.1, 0.15) is 0 Å². The van der Waals surface area contributed by atoms with Gasteiger partial charge in [0.15, 0.2) is 18.9 Å². The van der Waals surface area contributed by atoms with Crippen LogP contribution in [0.25, 0.3) is 21.8 Å². The summed E-state index contributed by atoms with van der Waals surface area (Å²) in [5.41, 5.74) is 6.51. The second kappa shape index (κ2) is 6.97. The summed E-state index contributed by atoms with van der Waals surface area (Å²) < 4.78 is 4.70. The Hall–Kier alpha value is -3.39. The lowest BCUT2D eigenvalue weighted by atomic mass is 10.1. The van der Waals surface area contributed by atoms with Crippen LogP contribution in [-0.4, -0.2) is 4.57 Å². The van der Waals surface area contributed by atoms with Crippen molar-refractivity contribution in [2.75, 3.05) is 0 Å². The van der Waals surface area contributed by atoms with Crippen molar-refractivity contribution in [2.24, 2.45) is 0 Å². The molecule has 5 rings (SSSR count). The first-order valence-electron chi connectivity index (χ1n) is 9.77. The molecule has 0 spiro atoms. The smallest absolute Gasteiger partial charge is 0.174 e. The molecule has 0 aliphatic rings. The van der Waals surface area contributed by atoms with Gasteiger partial charge < -0.3 is 4.57 Å². The number of hydrogen-bond acceptors (Lipinski definition) is 0. The quantitative estimate of drug-likeness (QED) is 0.374. The third-order valence-corrected chi connectivity index (χ3v) is 5.43. The monoisotopic (exact) mass is 363 g/mol. The van der Waals surface area contributed by atoms with Crippen LogP contribution in [0.3, 0.4) is 0 Å². The summed E-state index contributed by atoms with van der Waals surface area (Å²) in [4.78, 5) is 0. The summed E-state index contributed by atoms with van der Waals surface area (Å²) in [5, 5.41) is 2.64. The Labute approximate surface area is 165 Å². The predicted molar refractivity (Wildman–Crippen MR) is 115 cm³/mol. The number of pyridine rings is 1. The molecule has 0 unspecified atom stereocenters. The Morgan fingerprint density at radius 2 is 1.32 bits per heavy atom. The maximum absolute atomic E-state index is 2.43. The number of aryl methyl sites for hydroxylation is 1. The van der Waals surface area contributed by atoms with Crippen LogP contribution in [0.15, 0.2) is 97.3 Å². The first kappa shape index (κ1) is 16.8. The van der Waals surface area contributed by atoms with Gasteiger partial charge >= 0.3 is 0 Å². The van der Waals surface area contributed by atoms with E-state index in [0.717, 1.165) is 13.1 Å². The molecule has 0 saturated heterocycles. The molecule has 2 aromatic heterocycles. The molecular weight excluding hydrogens is 340 g/mol. The number of nitrogens with zero attached hydrogens (tertiary/aromatic N) is 2. The largest absolute Gasteiger partial charge is 0.336 e. The Balaban J connectivity index is 1.52. The Kier molecular flexibility index (Phi) is 4.17. The predicted octanol–water partition coefficient (Wildman–Crippen LogP) is 5.49. The highest BCUT2D eigenvalue weighted by Gasteiger charge is 2.11. The second-order valence-corrected chi connectivity index (χ2v) is 7.49. The first-order valence-corrected chi connectivity index (χ1v) is 9.77. The third kappa shape index (κ3) is 3.07. The highest BCUT2D eigenvalue weighted by molar-refractivity contribution is 6.08. The lowest BCUT2D eigenvalue weighted by Crippen LogP contribution is -2.34. The molecule has 0 amide bonds. The summed E-state index contributed by atoms with van der Waals surface area (Å²) >= 11 is 0. The topological polar surface area (TPSA) is 8.81 Å². The molecule has 0 fully saturated rings. The van der Waals surface area contributed by atoms with Gasteiger partial charge in [-0.05, 0) is 25.1 Å². The van der Waals surface area contributed by atoms with E-state index in [1.165, 1.54) is 38.5 Å². The van der Waals surface area contributed by atoms with Gasteiger partial charge in [0.25, 0.3) is 0 Å². The van der Waals surface area contributed by atoms with Gasteiger partial charge in [0.05, 0.1) is 6.54 Å². The molecule has 28 heavy (non-hydrogen) atoms. The summed E-state index contributed by atoms with van der Waals surface area (Å²) in [6.07, 6.45) is 4.42. The van der Waals surface area contributed by atoms with E-state index in [1.54, 1.807) is 0 Å². The van der Waals surface area contributed by atoms with Crippen LogP contribution in [0.4, 0.5) is 0 Å². The summed E-state index contributed by atoms with van der Waals surface area (Å²) in [6.45, 7) is 3.88. The van der Waals surface area contributed by atoms with Gasteiger partial charge in [-0.1, -0.05) is 66.2 Å². The molecule has 0 atom stereocenters. The van der Waals surface area contributed by atoms with Crippen molar-refractivity contribution in [1.29, 1.82) is 0 Å². The van der Waals surface area contributed by atoms with E-state index in [-0.39, 0.29) is 0 Å². The zero-order chi connectivity index (χ0) is 18.9. The molecular formula is C26H23N2+. The molecule has 0 aliphatic heterocycles. The van der Waals surface area contributed by atoms with Crippen molar-refractivity contribution in [3.05, 3.63) is 114 Å². The molecule has 0 aliphatic carbocycles. The minimum Gasteiger partial charge on any atom is -0.336 e. The van der Waals surface area contributed by atoms with E-state index >= 15 is 0 Å². The van der Waals surface area contributed by atoms with E-state index in [2.05, 4.69) is 113 Å². The van der Waals surface area contributed by atoms with Crippen LogP contribution in [0, 0.1) is 6.92 Å². The molecule has 0 N–H and O–H groups in total. The van der Waals surface area contributed by atoms with Gasteiger partial charge in [-0.3, -0.25) is 0 Å². The van der Waals surface area contributed by atoms with Gasteiger partial charge in [-0.25, -0.2) is 4.57 Å². The number of fused-ring (bicyclic) bond motifs is 3. The van der Waals surface area contributed by atoms with E-state index in [9.17, 15) is 0 Å². The number of hydrogen-bond donors (Lipinski definition) is 0. The summed E-state index contributed by atoms with van der Waals surface area (Å²) in [5.74, 6) is 0. The van der Waals surface area contributed by atoms with Crippen LogP contribution >= 0.6 is 0 Å². The fraction of sp³-hybridized carbons (Fsp3) is 0.115. The second-order valence-electron chi connectivity index (χ2n) is 7.49. The van der Waals surface area contributed by atoms with Crippen LogP contribution in [0.5, 0.6) is 0 Å². The highest BCUT2D eigenvalue weighted by atomic mass is 15.0. The average molecular weight is 363 g/mol. The van der Waals surface area contributed by atoms with E-state index in [4.69, 9.17) is 0 Å². The number of aromatic nitrogens is 2. The van der Waals surface area contributed by atoms with Crippen LogP contribution in [-0.2, 0) is 13.1 Å². The third-order valence-electron chi connectivity index (χ3n) is 5.43. The van der Waals surface area contributed by atoms with Gasteiger partial charge in [-0.2, -0.15) is 0 Å². The highest BCUT2D eigenvalue weighted by Crippen LogP contribution is 2.29. The Morgan fingerprint density at radius 1 is 0.679 bits per heavy atom. The van der Waals surface area contributed by atoms with Gasteiger partial charge in [0.2, 0.25) is 0 Å². The van der Waals surface area contributed by atoms with E-state index in [1.807, 2.05) is 0 Å². The number of para-hydroxylation sites is 2. The maximum Gasteiger partial charge on any atom is 0.174 e. The van der Waals surface area contributed by atoms with Crippen molar-refractivity contribution >= 4 is 21.8 Å². The van der Waals surface area contributed by atoms with Crippen LogP contribution in [0.2, 0.25) is 0 Å². The van der Waals surface area contributed by atoms with Crippen LogP contribution < -0.4 is 4.57 Å². The summed E-state index contributed by atoms with van der Waals surface area (Å²) in [6, 6.07) is 30.5. The zero-order valence-electron chi connectivity index (χ0n) is 16.0. The van der Waals surface area contributed by atoms with Crippen molar-refractivity contribution in [3.8, 4) is 0 Å². The van der Waals surface area contributed by atoms with E-state index in [0.29, 0.717) is 0 Å². The molecule has 3 aromatic carbocycles. The number of benzene rings is 3. The SMILES string of the molecule is Cc1ccc(C[n+]2cccc(Cn3c4ccccc4c4ccccc43)c2)cc1. The lowest BCUT2D eigenvalue weighted by Gasteiger charge is -2.07. The van der Waals surface area contributed by atoms with Gasteiger partial charge in [-0.15, -0.1) is 0 Å². The standard InChI is InChI=1S/C26H23N2/c1-20-12-14-21(15-13-20)17-27-16-6-7-22(18-27)19-28-25-10-4-2-8-23(25)24-9-3-5-11-26(24)28/h2-16,18H,17,19H2,1H3/q+1. The first-order chi connectivity index (χ1) is 13.8. The molecule has 2 heterocycles. The van der Waals surface area contributed by atoms with Crippen molar-refractivity contribution < 1.29 is 4.57 Å². The lowest BCUT2D eigenvalue weighted by molar-refractivity contribution is -0.688. The molecule has 2 nitrogen and oxygen atoms in total. The van der Waals surface area contributed by atoms with Gasteiger partial charge in [0, 0.05) is 39.0 Å². The fourth-order valence-corrected chi connectivity index (χ4v) is 4.03. The molecule has 0 radical (unpaired) electrons. The van der Waals surface area contributed by atoms with Crippen LogP contribution in [0.1, 0.15) is 16.7 Å². The number of rotatable bonds is 4. The Bertz CT molecular complexity index is 1210. The average Bonchev–Trinajstić information content (AvgIpc) is 3.04. The molecule has 136 valence electrons. The Morgan fingerprint density at radius 3 is 2.00 bits per heavy atom. The molecule has 0 bridgehead atoms. The van der Waals surface area contributed by atoms with E-state index < -0.39 is 0 Å². The van der Waals surface area contributed by atoms with Crippen molar-refractivity contribution in [1.82, 2.24) is 4.57 Å². The fourth-order valence-electron chi connectivity index (χ4n) is 4.03. The maximum atomic E-state index is 2.43. The minimum absolute atomic E-state index is 0.864. The molecule has 5 aromatic rings. The molecule has 0 saturated carbocycles.